The van der Waals surface area contributed by atoms with Crippen LogP contribution in [0.3, 0.4) is 0 Å². The molecule has 0 spiro atoms. The summed E-state index contributed by atoms with van der Waals surface area (Å²) in [5.74, 6) is -0.658. The van der Waals surface area contributed by atoms with Crippen molar-refractivity contribution in [2.75, 3.05) is 18.8 Å². The number of carbonyl (C=O) groups excluding carboxylic acids is 1. The smallest absolute Gasteiger partial charge is 0.270 e. The molecule has 7 nitrogen and oxygen atoms in total. The summed E-state index contributed by atoms with van der Waals surface area (Å²) in [6.45, 7) is 0.266. The number of halogens is 1. The highest BCUT2D eigenvalue weighted by atomic mass is 35.5. The number of non-ortho nitro benzene ring substituents is 1. The number of sulfone groups is 1. The summed E-state index contributed by atoms with van der Waals surface area (Å²) in [7, 11) is -3.39. The third kappa shape index (κ3) is 3.74. The summed E-state index contributed by atoms with van der Waals surface area (Å²) in [5.41, 5.74) is -0.232. The average molecular weight is 415 g/mol. The fraction of sp³-hybridized carbons (Fsp3) is 0.312. The zero-order valence-corrected chi connectivity index (χ0v) is 15.9. The number of hydrogen-bond donors (Lipinski definition) is 0. The molecule has 1 aromatic carbocycles. The van der Waals surface area contributed by atoms with Gasteiger partial charge < -0.3 is 4.90 Å². The quantitative estimate of drug-likeness (QED) is 0.566. The molecule has 1 fully saturated rings. The Hall–Kier alpha value is -1.97. The Morgan fingerprint density at radius 2 is 2.08 bits per heavy atom. The van der Waals surface area contributed by atoms with Crippen LogP contribution in [0.5, 0.6) is 0 Å². The van der Waals surface area contributed by atoms with E-state index in [1.54, 1.807) is 12.1 Å². The van der Waals surface area contributed by atoms with Crippen molar-refractivity contribution >= 4 is 44.4 Å². The minimum atomic E-state index is -3.39. The largest absolute Gasteiger partial charge is 0.338 e. The highest BCUT2D eigenvalue weighted by Gasteiger charge is 2.34. The topological polar surface area (TPSA) is 97.6 Å². The molecule has 1 atom stereocenters. The van der Waals surface area contributed by atoms with E-state index in [4.69, 9.17) is 11.6 Å². The molecule has 26 heavy (non-hydrogen) atoms. The SMILES string of the molecule is O=C(c1cc([N+](=O)[O-])ccc1Cl)N1CCC(c2cccs2)S(=O)(=O)CC1. The van der Waals surface area contributed by atoms with Crippen LogP contribution in [0.1, 0.15) is 26.9 Å². The van der Waals surface area contributed by atoms with E-state index in [0.29, 0.717) is 0 Å². The summed E-state index contributed by atoms with van der Waals surface area (Å²) in [6.07, 6.45) is 0.279. The van der Waals surface area contributed by atoms with Crippen molar-refractivity contribution in [1.82, 2.24) is 4.90 Å². The van der Waals surface area contributed by atoms with E-state index >= 15 is 0 Å². The second kappa shape index (κ2) is 7.34. The third-order valence-corrected chi connectivity index (χ3v) is 7.85. The van der Waals surface area contributed by atoms with Crippen LogP contribution in [0.15, 0.2) is 35.7 Å². The number of benzene rings is 1. The summed E-state index contributed by atoms with van der Waals surface area (Å²) < 4.78 is 25.1. The van der Waals surface area contributed by atoms with Crippen molar-refractivity contribution in [1.29, 1.82) is 0 Å². The molecule has 1 aliphatic heterocycles. The van der Waals surface area contributed by atoms with Gasteiger partial charge in [0.1, 0.15) is 0 Å². The first-order valence-electron chi connectivity index (χ1n) is 7.78. The van der Waals surface area contributed by atoms with Crippen LogP contribution in [0.2, 0.25) is 5.02 Å². The first kappa shape index (κ1) is 18.8. The maximum atomic E-state index is 12.8. The van der Waals surface area contributed by atoms with Gasteiger partial charge in [0.15, 0.2) is 9.84 Å². The Labute approximate surface area is 159 Å². The van der Waals surface area contributed by atoms with Crippen molar-refractivity contribution < 1.29 is 18.1 Å². The first-order chi connectivity index (χ1) is 12.3. The summed E-state index contributed by atoms with van der Waals surface area (Å²) in [4.78, 5) is 25.3. The molecule has 1 amide bonds. The Morgan fingerprint density at radius 3 is 2.73 bits per heavy atom. The lowest BCUT2D eigenvalue weighted by Gasteiger charge is -2.20. The van der Waals surface area contributed by atoms with Crippen molar-refractivity contribution in [3.63, 3.8) is 0 Å². The Kier molecular flexibility index (Phi) is 5.31. The minimum absolute atomic E-state index is 0.00726. The van der Waals surface area contributed by atoms with Crippen molar-refractivity contribution in [2.45, 2.75) is 11.7 Å². The number of rotatable bonds is 3. The van der Waals surface area contributed by atoms with Crippen LogP contribution >= 0.6 is 22.9 Å². The maximum absolute atomic E-state index is 12.8. The maximum Gasteiger partial charge on any atom is 0.270 e. The van der Waals surface area contributed by atoms with Crippen LogP contribution < -0.4 is 0 Å². The van der Waals surface area contributed by atoms with Gasteiger partial charge in [-0.15, -0.1) is 11.3 Å². The van der Waals surface area contributed by atoms with E-state index in [0.717, 1.165) is 10.9 Å². The number of thiophene rings is 1. The van der Waals surface area contributed by atoms with E-state index in [1.165, 1.54) is 28.4 Å². The van der Waals surface area contributed by atoms with Gasteiger partial charge in [0.2, 0.25) is 0 Å². The number of nitrogens with zero attached hydrogens (tertiary/aromatic N) is 2. The summed E-state index contributed by atoms with van der Waals surface area (Å²) in [5, 5.41) is 12.2. The Morgan fingerprint density at radius 1 is 1.31 bits per heavy atom. The second-order valence-corrected chi connectivity index (χ2v) is 9.56. The van der Waals surface area contributed by atoms with Gasteiger partial charge in [0, 0.05) is 30.1 Å². The van der Waals surface area contributed by atoms with E-state index in [-0.39, 0.29) is 41.5 Å². The normalized spacial score (nSPS) is 19.7. The molecule has 10 heteroatoms. The van der Waals surface area contributed by atoms with Crippen LogP contribution in [0, 0.1) is 10.1 Å². The number of carbonyl (C=O) groups is 1. The van der Waals surface area contributed by atoms with Gasteiger partial charge in [0.05, 0.1) is 26.5 Å². The molecule has 3 rings (SSSR count). The standard InChI is InChI=1S/C16H15ClN2O5S2/c17-13-4-3-11(19(21)22)10-12(13)16(20)18-6-5-15(14-2-1-8-25-14)26(23,24)9-7-18/h1-4,8,10,15H,5-7,9H2. The summed E-state index contributed by atoms with van der Waals surface area (Å²) in [6, 6.07) is 7.23. The van der Waals surface area contributed by atoms with Crippen molar-refractivity contribution in [3.8, 4) is 0 Å². The highest BCUT2D eigenvalue weighted by molar-refractivity contribution is 7.91. The number of hydrogen-bond acceptors (Lipinski definition) is 6. The van der Waals surface area contributed by atoms with Crippen LogP contribution in [-0.2, 0) is 9.84 Å². The average Bonchev–Trinajstić information content (AvgIpc) is 3.06. The lowest BCUT2D eigenvalue weighted by Crippen LogP contribution is -2.33. The van der Waals surface area contributed by atoms with Crippen molar-refractivity contribution in [2.24, 2.45) is 0 Å². The minimum Gasteiger partial charge on any atom is -0.338 e. The Balaban J connectivity index is 1.86. The molecule has 138 valence electrons. The molecule has 0 radical (unpaired) electrons. The molecule has 0 saturated carbocycles. The predicted octanol–water partition coefficient (Wildman–Crippen LogP) is 3.31. The lowest BCUT2D eigenvalue weighted by atomic mass is 10.1. The van der Waals surface area contributed by atoms with Gasteiger partial charge in [-0.3, -0.25) is 14.9 Å². The first-order valence-corrected chi connectivity index (χ1v) is 10.7. The summed E-state index contributed by atoms with van der Waals surface area (Å²) >= 11 is 7.41. The van der Waals surface area contributed by atoms with E-state index < -0.39 is 25.9 Å². The molecule has 0 aliphatic carbocycles. The van der Waals surface area contributed by atoms with Gasteiger partial charge in [-0.1, -0.05) is 17.7 Å². The van der Waals surface area contributed by atoms with Gasteiger partial charge in [-0.2, -0.15) is 0 Å². The van der Waals surface area contributed by atoms with E-state index in [1.807, 2.05) is 5.38 Å². The molecular weight excluding hydrogens is 400 g/mol. The fourth-order valence-electron chi connectivity index (χ4n) is 2.90. The predicted molar refractivity (Wildman–Crippen MR) is 99.5 cm³/mol. The van der Waals surface area contributed by atoms with Crippen molar-refractivity contribution in [3.05, 3.63) is 61.3 Å². The van der Waals surface area contributed by atoms with Gasteiger partial charge >= 0.3 is 0 Å². The van der Waals surface area contributed by atoms with Crippen LogP contribution in [-0.4, -0.2) is 43.0 Å². The lowest BCUT2D eigenvalue weighted by molar-refractivity contribution is -0.384. The molecule has 1 aliphatic rings. The molecule has 0 bridgehead atoms. The molecule has 1 aromatic heterocycles. The van der Waals surface area contributed by atoms with E-state index in [2.05, 4.69) is 0 Å². The Bertz CT molecular complexity index is 944. The number of amides is 1. The molecule has 2 heterocycles. The molecule has 1 saturated heterocycles. The fourth-order valence-corrected chi connectivity index (χ4v) is 6.10. The van der Waals surface area contributed by atoms with E-state index in [9.17, 15) is 23.3 Å². The molecule has 1 unspecified atom stereocenters. The highest BCUT2D eigenvalue weighted by Crippen LogP contribution is 2.33. The second-order valence-electron chi connectivity index (χ2n) is 5.87. The molecule has 0 N–H and O–H groups in total. The van der Waals surface area contributed by atoms with Crippen LogP contribution in [0.25, 0.3) is 0 Å². The number of nitro groups is 1. The van der Waals surface area contributed by atoms with Crippen LogP contribution in [0.4, 0.5) is 5.69 Å². The zero-order chi connectivity index (χ0) is 18.9. The van der Waals surface area contributed by atoms with Gasteiger partial charge in [-0.25, -0.2) is 8.42 Å². The number of nitro benzene ring substituents is 1. The third-order valence-electron chi connectivity index (χ3n) is 4.28. The van der Waals surface area contributed by atoms with Gasteiger partial charge in [0.25, 0.3) is 11.6 Å². The zero-order valence-electron chi connectivity index (χ0n) is 13.5. The monoisotopic (exact) mass is 414 g/mol. The van der Waals surface area contributed by atoms with Gasteiger partial charge in [-0.05, 0) is 23.9 Å². The molecular formula is C16H15ClN2O5S2. The molecule has 2 aromatic rings.